The zero-order valence-corrected chi connectivity index (χ0v) is 14.7. The van der Waals surface area contributed by atoms with Crippen molar-refractivity contribution in [2.24, 2.45) is 0 Å². The molecule has 0 amide bonds. The molecule has 26 heavy (non-hydrogen) atoms. The zero-order valence-electron chi connectivity index (χ0n) is 14.7. The summed E-state index contributed by atoms with van der Waals surface area (Å²) in [5.74, 6) is -0.838. The van der Waals surface area contributed by atoms with Crippen molar-refractivity contribution in [1.82, 2.24) is 24.4 Å². The Kier molecular flexibility index (Phi) is 5.47. The number of aliphatic hydroxyl groups excluding tert-OH is 2. The maximum Gasteiger partial charge on any atom is 0.303 e. The summed E-state index contributed by atoms with van der Waals surface area (Å²) < 4.78 is 7.48. The van der Waals surface area contributed by atoms with E-state index in [1.54, 1.807) is 4.57 Å². The second-order valence-corrected chi connectivity index (χ2v) is 6.59. The Hall–Kier alpha value is -2.14. The van der Waals surface area contributed by atoms with Crippen LogP contribution in [-0.4, -0.2) is 84.2 Å². The molecule has 1 fully saturated rings. The summed E-state index contributed by atoms with van der Waals surface area (Å²) in [5, 5.41) is 29.5. The number of carboxylic acids is 1. The number of aliphatic hydroxyl groups is 2. The minimum atomic E-state index is -1.12. The molecule has 2 aromatic rings. The summed E-state index contributed by atoms with van der Waals surface area (Å²) in [5.41, 5.74) is 1.87. The predicted molar refractivity (Wildman–Crippen MR) is 90.4 cm³/mol. The topological polar surface area (TPSA) is 134 Å². The van der Waals surface area contributed by atoms with Crippen LogP contribution in [0, 0.1) is 6.92 Å². The predicted octanol–water partition coefficient (Wildman–Crippen LogP) is -0.449. The molecule has 0 aliphatic carbocycles. The number of rotatable bonds is 7. The molecule has 0 bridgehead atoms. The molecular formula is C16H23N5O5. The lowest BCUT2D eigenvalue weighted by atomic mass is 10.1. The SMILES string of the molecule is Cc1ncnc2c1ncn2[C@@H]1O[C@H](CN(C)CCCC(=O)O)[C@@H](O)[C@H]1O. The molecule has 3 N–H and O–H groups in total. The molecular weight excluding hydrogens is 342 g/mol. The van der Waals surface area contributed by atoms with E-state index >= 15 is 0 Å². The summed E-state index contributed by atoms with van der Waals surface area (Å²) in [4.78, 5) is 25.0. The van der Waals surface area contributed by atoms with Crippen LogP contribution < -0.4 is 0 Å². The van der Waals surface area contributed by atoms with E-state index in [4.69, 9.17) is 9.84 Å². The normalized spacial score (nSPS) is 26.0. The molecule has 1 saturated heterocycles. The fourth-order valence-corrected chi connectivity index (χ4v) is 3.16. The van der Waals surface area contributed by atoms with Crippen LogP contribution in [0.3, 0.4) is 0 Å². The van der Waals surface area contributed by atoms with Crippen molar-refractivity contribution >= 4 is 17.1 Å². The third-order valence-corrected chi connectivity index (χ3v) is 4.58. The second kappa shape index (κ2) is 7.62. The number of aryl methyl sites for hydroxylation is 1. The second-order valence-electron chi connectivity index (χ2n) is 6.59. The number of aromatic nitrogens is 4. The Morgan fingerprint density at radius 1 is 1.31 bits per heavy atom. The van der Waals surface area contributed by atoms with Crippen molar-refractivity contribution in [3.63, 3.8) is 0 Å². The molecule has 0 spiro atoms. The summed E-state index contributed by atoms with van der Waals surface area (Å²) in [7, 11) is 1.82. The third kappa shape index (κ3) is 3.68. The maximum absolute atomic E-state index is 10.6. The van der Waals surface area contributed by atoms with Crippen LogP contribution in [-0.2, 0) is 9.53 Å². The average molecular weight is 365 g/mol. The first kappa shape index (κ1) is 18.6. The van der Waals surface area contributed by atoms with E-state index in [0.29, 0.717) is 30.7 Å². The average Bonchev–Trinajstić information content (AvgIpc) is 3.12. The Morgan fingerprint density at radius 2 is 2.08 bits per heavy atom. The van der Waals surface area contributed by atoms with Gasteiger partial charge in [0.15, 0.2) is 11.9 Å². The van der Waals surface area contributed by atoms with Gasteiger partial charge in [0.05, 0.1) is 12.0 Å². The number of aliphatic carboxylic acids is 1. The van der Waals surface area contributed by atoms with Gasteiger partial charge in [-0.05, 0) is 26.9 Å². The minimum Gasteiger partial charge on any atom is -0.481 e. The van der Waals surface area contributed by atoms with Gasteiger partial charge in [-0.1, -0.05) is 0 Å². The molecule has 1 aliphatic rings. The molecule has 142 valence electrons. The highest BCUT2D eigenvalue weighted by Gasteiger charge is 2.44. The molecule has 0 unspecified atom stereocenters. The molecule has 1 aliphatic heterocycles. The quantitative estimate of drug-likeness (QED) is 0.596. The van der Waals surface area contributed by atoms with Gasteiger partial charge in [-0.15, -0.1) is 0 Å². The highest BCUT2D eigenvalue weighted by atomic mass is 16.6. The maximum atomic E-state index is 10.6. The number of hydrogen-bond donors (Lipinski definition) is 3. The molecule has 10 nitrogen and oxygen atoms in total. The number of ether oxygens (including phenoxy) is 1. The van der Waals surface area contributed by atoms with Crippen molar-refractivity contribution in [2.45, 2.75) is 44.3 Å². The Morgan fingerprint density at radius 3 is 2.81 bits per heavy atom. The number of hydrogen-bond acceptors (Lipinski definition) is 8. The monoisotopic (exact) mass is 365 g/mol. The van der Waals surface area contributed by atoms with E-state index in [-0.39, 0.29) is 6.42 Å². The standard InChI is InChI=1S/C16H23N5O5/c1-9-12-15(18-7-17-9)21(8-19-12)16-14(25)13(24)10(26-16)6-20(2)5-3-4-11(22)23/h7-8,10,13-14,16,24-25H,3-6H2,1-2H3,(H,22,23)/t10-,13-,14-,16-/m1/s1. The van der Waals surface area contributed by atoms with Gasteiger partial charge in [0.2, 0.25) is 0 Å². The largest absolute Gasteiger partial charge is 0.481 e. The van der Waals surface area contributed by atoms with Crippen LogP contribution in [0.15, 0.2) is 12.7 Å². The highest BCUT2D eigenvalue weighted by Crippen LogP contribution is 2.31. The molecule has 2 aromatic heterocycles. The van der Waals surface area contributed by atoms with Crippen molar-refractivity contribution in [3.05, 3.63) is 18.3 Å². The van der Waals surface area contributed by atoms with Crippen LogP contribution >= 0.6 is 0 Å². The summed E-state index contributed by atoms with van der Waals surface area (Å²) >= 11 is 0. The van der Waals surface area contributed by atoms with Crippen molar-refractivity contribution < 1.29 is 24.9 Å². The Labute approximate surface area is 150 Å². The van der Waals surface area contributed by atoms with E-state index in [1.807, 2.05) is 18.9 Å². The van der Waals surface area contributed by atoms with E-state index in [2.05, 4.69) is 15.0 Å². The number of likely N-dealkylation sites (N-methyl/N-ethyl adjacent to an activating group) is 1. The molecule has 4 atom stereocenters. The van der Waals surface area contributed by atoms with Gasteiger partial charge >= 0.3 is 5.97 Å². The highest BCUT2D eigenvalue weighted by molar-refractivity contribution is 5.72. The fourth-order valence-electron chi connectivity index (χ4n) is 3.16. The van der Waals surface area contributed by atoms with Crippen LogP contribution in [0.1, 0.15) is 24.8 Å². The van der Waals surface area contributed by atoms with E-state index in [0.717, 1.165) is 5.69 Å². The van der Waals surface area contributed by atoms with E-state index < -0.39 is 30.5 Å². The fraction of sp³-hybridized carbons (Fsp3) is 0.625. The first-order valence-corrected chi connectivity index (χ1v) is 8.44. The Bertz CT molecular complexity index is 781. The van der Waals surface area contributed by atoms with Gasteiger partial charge in [0, 0.05) is 13.0 Å². The molecule has 10 heteroatoms. The van der Waals surface area contributed by atoms with E-state index in [1.165, 1.54) is 12.7 Å². The van der Waals surface area contributed by atoms with Gasteiger partial charge in [-0.3, -0.25) is 9.36 Å². The smallest absolute Gasteiger partial charge is 0.303 e. The summed E-state index contributed by atoms with van der Waals surface area (Å²) in [6, 6.07) is 0. The Balaban J connectivity index is 1.69. The van der Waals surface area contributed by atoms with Crippen LogP contribution in [0.2, 0.25) is 0 Å². The minimum absolute atomic E-state index is 0.0871. The first-order chi connectivity index (χ1) is 12.4. The van der Waals surface area contributed by atoms with Gasteiger partial charge in [-0.25, -0.2) is 15.0 Å². The van der Waals surface area contributed by atoms with Crippen LogP contribution in [0.4, 0.5) is 0 Å². The number of carboxylic acid groups (broad SMARTS) is 1. The number of fused-ring (bicyclic) bond motifs is 1. The van der Waals surface area contributed by atoms with Gasteiger partial charge in [0.25, 0.3) is 0 Å². The summed E-state index contributed by atoms with van der Waals surface area (Å²) in [6.45, 7) is 2.74. The summed E-state index contributed by atoms with van der Waals surface area (Å²) in [6.07, 6.45) is -0.0747. The molecule has 3 rings (SSSR count). The van der Waals surface area contributed by atoms with Gasteiger partial charge in [-0.2, -0.15) is 0 Å². The molecule has 0 radical (unpaired) electrons. The van der Waals surface area contributed by atoms with Crippen LogP contribution in [0.5, 0.6) is 0 Å². The van der Waals surface area contributed by atoms with Crippen molar-refractivity contribution in [3.8, 4) is 0 Å². The third-order valence-electron chi connectivity index (χ3n) is 4.58. The lowest BCUT2D eigenvalue weighted by Crippen LogP contribution is -2.38. The molecule has 3 heterocycles. The molecule has 0 aromatic carbocycles. The molecule has 0 saturated carbocycles. The lowest BCUT2D eigenvalue weighted by molar-refractivity contribution is -0.137. The van der Waals surface area contributed by atoms with Gasteiger partial charge in [0.1, 0.15) is 30.2 Å². The van der Waals surface area contributed by atoms with E-state index in [9.17, 15) is 15.0 Å². The number of carbonyl (C=O) groups is 1. The zero-order chi connectivity index (χ0) is 18.8. The lowest BCUT2D eigenvalue weighted by Gasteiger charge is -2.22. The van der Waals surface area contributed by atoms with Crippen LogP contribution in [0.25, 0.3) is 11.2 Å². The first-order valence-electron chi connectivity index (χ1n) is 8.44. The van der Waals surface area contributed by atoms with Crippen molar-refractivity contribution in [2.75, 3.05) is 20.1 Å². The van der Waals surface area contributed by atoms with Gasteiger partial charge < -0.3 is 25.0 Å². The number of nitrogens with zero attached hydrogens (tertiary/aromatic N) is 5. The van der Waals surface area contributed by atoms with Crippen molar-refractivity contribution in [1.29, 1.82) is 0 Å². The number of imidazole rings is 1.